The van der Waals surface area contributed by atoms with Crippen molar-refractivity contribution in [3.63, 3.8) is 0 Å². The molecule has 1 saturated carbocycles. The quantitative estimate of drug-likeness (QED) is 0.811. The van der Waals surface area contributed by atoms with E-state index in [1.165, 1.54) is 32.1 Å². The number of nitrogens with zero attached hydrogens (tertiary/aromatic N) is 2. The van der Waals surface area contributed by atoms with Gasteiger partial charge >= 0.3 is 0 Å². The lowest BCUT2D eigenvalue weighted by Crippen LogP contribution is -2.48. The number of hydrogen-bond donors (Lipinski definition) is 2. The van der Waals surface area contributed by atoms with E-state index in [0.29, 0.717) is 12.0 Å². The maximum absolute atomic E-state index is 5.65. The van der Waals surface area contributed by atoms with Gasteiger partial charge < -0.3 is 15.2 Å². The molecule has 4 nitrogen and oxygen atoms in total. The van der Waals surface area contributed by atoms with Gasteiger partial charge in [0.25, 0.3) is 0 Å². The molecule has 1 aromatic heterocycles. The van der Waals surface area contributed by atoms with E-state index in [1.54, 1.807) is 0 Å². The van der Waals surface area contributed by atoms with E-state index in [9.17, 15) is 0 Å². The van der Waals surface area contributed by atoms with E-state index in [-0.39, 0.29) is 0 Å². The highest BCUT2D eigenvalue weighted by Gasteiger charge is 2.25. The first-order chi connectivity index (χ1) is 11.8. The molecule has 2 aromatic rings. The molecule has 0 atom stereocenters. The van der Waals surface area contributed by atoms with Crippen LogP contribution in [0.2, 0.25) is 0 Å². The molecule has 2 fully saturated rings. The SMILES string of the molecule is S=C(NC1CCCCC1)N1CCC(c2nc3ccccc3[nH]2)CC1. The van der Waals surface area contributed by atoms with E-state index in [1.807, 2.05) is 6.07 Å². The first-order valence-electron chi connectivity index (χ1n) is 9.30. The molecule has 1 aromatic carbocycles. The van der Waals surface area contributed by atoms with Crippen molar-refractivity contribution in [2.45, 2.75) is 56.9 Å². The Morgan fingerprint density at radius 3 is 2.58 bits per heavy atom. The lowest BCUT2D eigenvalue weighted by atomic mass is 9.95. The molecule has 1 saturated heterocycles. The molecule has 0 bridgehead atoms. The van der Waals surface area contributed by atoms with Crippen molar-refractivity contribution in [2.24, 2.45) is 0 Å². The molecule has 5 heteroatoms. The minimum absolute atomic E-state index is 0.520. The van der Waals surface area contributed by atoms with Gasteiger partial charge in [0, 0.05) is 25.0 Å². The Morgan fingerprint density at radius 1 is 1.08 bits per heavy atom. The van der Waals surface area contributed by atoms with E-state index < -0.39 is 0 Å². The number of piperidine rings is 1. The van der Waals surface area contributed by atoms with Crippen molar-refractivity contribution < 1.29 is 0 Å². The number of benzene rings is 1. The predicted molar refractivity (Wildman–Crippen MR) is 102 cm³/mol. The fraction of sp³-hybridized carbons (Fsp3) is 0.579. The minimum atomic E-state index is 0.520. The van der Waals surface area contributed by atoms with Crippen molar-refractivity contribution in [3.8, 4) is 0 Å². The monoisotopic (exact) mass is 342 g/mol. The molecule has 2 N–H and O–H groups in total. The van der Waals surface area contributed by atoms with E-state index in [4.69, 9.17) is 17.2 Å². The third-order valence-electron chi connectivity index (χ3n) is 5.51. The zero-order valence-electron chi connectivity index (χ0n) is 14.1. The van der Waals surface area contributed by atoms with Gasteiger partial charge in [0.2, 0.25) is 0 Å². The minimum Gasteiger partial charge on any atom is -0.360 e. The Morgan fingerprint density at radius 2 is 1.83 bits per heavy atom. The Hall–Kier alpha value is -1.62. The van der Waals surface area contributed by atoms with Crippen LogP contribution in [0.4, 0.5) is 0 Å². The van der Waals surface area contributed by atoms with Crippen LogP contribution >= 0.6 is 12.2 Å². The second-order valence-electron chi connectivity index (χ2n) is 7.18. The van der Waals surface area contributed by atoms with Crippen molar-refractivity contribution in [1.29, 1.82) is 0 Å². The smallest absolute Gasteiger partial charge is 0.169 e. The van der Waals surface area contributed by atoms with Gasteiger partial charge in [0.05, 0.1) is 11.0 Å². The fourth-order valence-electron chi connectivity index (χ4n) is 4.03. The maximum atomic E-state index is 5.65. The van der Waals surface area contributed by atoms with Crippen molar-refractivity contribution in [2.75, 3.05) is 13.1 Å². The molecule has 4 rings (SSSR count). The van der Waals surface area contributed by atoms with Gasteiger partial charge in [0.1, 0.15) is 5.82 Å². The number of aromatic nitrogens is 2. The Kier molecular flexibility index (Phi) is 4.69. The lowest BCUT2D eigenvalue weighted by Gasteiger charge is -2.35. The summed E-state index contributed by atoms with van der Waals surface area (Å²) in [4.78, 5) is 10.6. The van der Waals surface area contributed by atoms with Gasteiger partial charge in [-0.05, 0) is 50.0 Å². The van der Waals surface area contributed by atoms with Gasteiger partial charge in [-0.1, -0.05) is 31.4 Å². The van der Waals surface area contributed by atoms with Crippen LogP contribution in [0.3, 0.4) is 0 Å². The van der Waals surface area contributed by atoms with Gasteiger partial charge in [0.15, 0.2) is 5.11 Å². The summed E-state index contributed by atoms with van der Waals surface area (Å²) in [5.41, 5.74) is 2.22. The number of rotatable bonds is 2. The second kappa shape index (κ2) is 7.09. The summed E-state index contributed by atoms with van der Waals surface area (Å²) in [5, 5.41) is 4.56. The molecule has 2 aliphatic rings. The number of para-hydroxylation sites is 2. The van der Waals surface area contributed by atoms with Crippen LogP contribution in [0.25, 0.3) is 11.0 Å². The van der Waals surface area contributed by atoms with Crippen LogP contribution in [-0.2, 0) is 0 Å². The van der Waals surface area contributed by atoms with Crippen molar-refractivity contribution in [1.82, 2.24) is 20.2 Å². The van der Waals surface area contributed by atoms with Gasteiger partial charge in [-0.25, -0.2) is 4.98 Å². The Bertz CT molecular complexity index is 663. The Labute approximate surface area is 149 Å². The molecular formula is C19H26N4S. The first kappa shape index (κ1) is 15.9. The van der Waals surface area contributed by atoms with Gasteiger partial charge in [-0.2, -0.15) is 0 Å². The van der Waals surface area contributed by atoms with Crippen LogP contribution in [0, 0.1) is 0 Å². The molecule has 0 spiro atoms. The van der Waals surface area contributed by atoms with Crippen LogP contribution in [-0.4, -0.2) is 39.1 Å². The van der Waals surface area contributed by atoms with Crippen molar-refractivity contribution >= 4 is 28.4 Å². The van der Waals surface area contributed by atoms with Gasteiger partial charge in [-0.15, -0.1) is 0 Å². The molecule has 0 unspecified atom stereocenters. The molecule has 1 aliphatic carbocycles. The first-order valence-corrected chi connectivity index (χ1v) is 9.70. The number of nitrogens with one attached hydrogen (secondary N) is 2. The average Bonchev–Trinajstić information content (AvgIpc) is 3.07. The normalized spacial score (nSPS) is 20.4. The van der Waals surface area contributed by atoms with E-state index in [2.05, 4.69) is 33.4 Å². The number of likely N-dealkylation sites (tertiary alicyclic amines) is 1. The topological polar surface area (TPSA) is 44.0 Å². The summed E-state index contributed by atoms with van der Waals surface area (Å²) in [6.07, 6.45) is 8.85. The summed E-state index contributed by atoms with van der Waals surface area (Å²) in [6, 6.07) is 8.88. The summed E-state index contributed by atoms with van der Waals surface area (Å²) in [5.74, 6) is 1.66. The molecule has 1 aliphatic heterocycles. The number of hydrogen-bond acceptors (Lipinski definition) is 2. The molecular weight excluding hydrogens is 316 g/mol. The third kappa shape index (κ3) is 3.41. The highest BCUT2D eigenvalue weighted by Crippen LogP contribution is 2.28. The van der Waals surface area contributed by atoms with Crippen molar-refractivity contribution in [3.05, 3.63) is 30.1 Å². The number of thiocarbonyl (C=S) groups is 1. The largest absolute Gasteiger partial charge is 0.360 e. The average molecular weight is 343 g/mol. The summed E-state index contributed by atoms with van der Waals surface area (Å²) >= 11 is 5.65. The van der Waals surface area contributed by atoms with Crippen LogP contribution in [0.15, 0.2) is 24.3 Å². The van der Waals surface area contributed by atoms with E-state index in [0.717, 1.165) is 47.9 Å². The lowest BCUT2D eigenvalue weighted by molar-refractivity contribution is 0.296. The van der Waals surface area contributed by atoms with Crippen LogP contribution < -0.4 is 5.32 Å². The molecule has 24 heavy (non-hydrogen) atoms. The number of H-pyrrole nitrogens is 1. The molecule has 0 amide bonds. The number of fused-ring (bicyclic) bond motifs is 1. The fourth-order valence-corrected chi connectivity index (χ4v) is 4.38. The molecule has 128 valence electrons. The number of imidazole rings is 1. The van der Waals surface area contributed by atoms with Crippen LogP contribution in [0.1, 0.15) is 56.7 Å². The third-order valence-corrected chi connectivity index (χ3v) is 5.89. The maximum Gasteiger partial charge on any atom is 0.169 e. The second-order valence-corrected chi connectivity index (χ2v) is 7.57. The summed E-state index contributed by atoms with van der Waals surface area (Å²) < 4.78 is 0. The zero-order chi connectivity index (χ0) is 16.4. The van der Waals surface area contributed by atoms with Crippen LogP contribution in [0.5, 0.6) is 0 Å². The van der Waals surface area contributed by atoms with Gasteiger partial charge in [-0.3, -0.25) is 0 Å². The van der Waals surface area contributed by atoms with E-state index >= 15 is 0 Å². The standard InChI is InChI=1S/C19H26N4S/c24-19(20-15-6-2-1-3-7-15)23-12-10-14(11-13-23)18-21-16-8-4-5-9-17(16)22-18/h4-5,8-9,14-15H,1-3,6-7,10-13H2,(H,20,24)(H,21,22). The highest BCUT2D eigenvalue weighted by atomic mass is 32.1. The molecule has 2 heterocycles. The summed E-state index contributed by atoms with van der Waals surface area (Å²) in [6.45, 7) is 2.06. The number of aromatic amines is 1. The Balaban J connectivity index is 1.33. The highest BCUT2D eigenvalue weighted by molar-refractivity contribution is 7.80. The summed E-state index contributed by atoms with van der Waals surface area (Å²) in [7, 11) is 0. The molecule has 0 radical (unpaired) electrons. The predicted octanol–water partition coefficient (Wildman–Crippen LogP) is 3.95. The zero-order valence-corrected chi connectivity index (χ0v) is 14.9.